The molecule has 0 aromatic heterocycles. The highest BCUT2D eigenvalue weighted by Crippen LogP contribution is 2.15. The average molecular weight is 357 g/mol. The van der Waals surface area contributed by atoms with Gasteiger partial charge in [0.1, 0.15) is 0 Å². The minimum Gasteiger partial charge on any atom is -0.396 e. The van der Waals surface area contributed by atoms with E-state index in [2.05, 4.69) is 26.6 Å². The molecular formula is C15H21BrN2O3. The molecule has 0 aliphatic carbocycles. The summed E-state index contributed by atoms with van der Waals surface area (Å²) in [4.78, 5) is 23.6. The van der Waals surface area contributed by atoms with E-state index < -0.39 is 0 Å². The van der Waals surface area contributed by atoms with Crippen molar-refractivity contribution in [2.75, 3.05) is 19.7 Å². The molecule has 21 heavy (non-hydrogen) atoms. The molecule has 1 atom stereocenters. The summed E-state index contributed by atoms with van der Waals surface area (Å²) in [5, 5.41) is 14.2. The van der Waals surface area contributed by atoms with Crippen molar-refractivity contribution in [3.05, 3.63) is 34.3 Å². The number of halogens is 1. The SMILES string of the molecule is CCC(CCO)CNC(=O)CNC(=O)c1ccccc1Br. The average Bonchev–Trinajstić information content (AvgIpc) is 2.49. The van der Waals surface area contributed by atoms with E-state index in [0.717, 1.165) is 6.42 Å². The molecule has 0 radical (unpaired) electrons. The van der Waals surface area contributed by atoms with Crippen LogP contribution in [0.3, 0.4) is 0 Å². The van der Waals surface area contributed by atoms with E-state index in [1.807, 2.05) is 13.0 Å². The lowest BCUT2D eigenvalue weighted by Gasteiger charge is -2.14. The van der Waals surface area contributed by atoms with Crippen molar-refractivity contribution in [3.8, 4) is 0 Å². The minimum absolute atomic E-state index is 0.0598. The van der Waals surface area contributed by atoms with Crippen LogP contribution in [-0.4, -0.2) is 36.6 Å². The van der Waals surface area contributed by atoms with Gasteiger partial charge < -0.3 is 15.7 Å². The first-order valence-corrected chi connectivity index (χ1v) is 7.78. The van der Waals surface area contributed by atoms with Gasteiger partial charge in [-0.2, -0.15) is 0 Å². The van der Waals surface area contributed by atoms with Gasteiger partial charge in [-0.3, -0.25) is 9.59 Å². The van der Waals surface area contributed by atoms with Gasteiger partial charge in [-0.15, -0.1) is 0 Å². The van der Waals surface area contributed by atoms with Crippen molar-refractivity contribution in [2.24, 2.45) is 5.92 Å². The maximum atomic E-state index is 11.9. The summed E-state index contributed by atoms with van der Waals surface area (Å²) >= 11 is 3.30. The summed E-state index contributed by atoms with van der Waals surface area (Å²) in [5.74, 6) is -0.260. The van der Waals surface area contributed by atoms with Crippen molar-refractivity contribution in [3.63, 3.8) is 0 Å². The van der Waals surface area contributed by atoms with Gasteiger partial charge >= 0.3 is 0 Å². The summed E-state index contributed by atoms with van der Waals surface area (Å²) in [7, 11) is 0. The van der Waals surface area contributed by atoms with E-state index in [4.69, 9.17) is 5.11 Å². The van der Waals surface area contributed by atoms with Gasteiger partial charge in [0, 0.05) is 17.6 Å². The molecule has 6 heteroatoms. The highest BCUT2D eigenvalue weighted by Gasteiger charge is 2.12. The van der Waals surface area contributed by atoms with Gasteiger partial charge in [0.2, 0.25) is 5.91 Å². The molecule has 0 saturated heterocycles. The number of hydrogen-bond acceptors (Lipinski definition) is 3. The fraction of sp³-hybridized carbons (Fsp3) is 0.467. The molecule has 0 fully saturated rings. The van der Waals surface area contributed by atoms with Crippen LogP contribution in [0.2, 0.25) is 0 Å². The molecule has 0 heterocycles. The molecule has 0 spiro atoms. The van der Waals surface area contributed by atoms with E-state index in [0.29, 0.717) is 23.0 Å². The number of nitrogens with one attached hydrogen (secondary N) is 2. The van der Waals surface area contributed by atoms with Crippen LogP contribution in [-0.2, 0) is 4.79 Å². The Hall–Kier alpha value is -1.40. The van der Waals surface area contributed by atoms with Crippen LogP contribution in [0.1, 0.15) is 30.1 Å². The standard InChI is InChI=1S/C15H21BrN2O3/c1-2-11(7-8-19)9-17-14(20)10-18-15(21)12-5-3-4-6-13(12)16/h3-6,11,19H,2,7-10H2,1H3,(H,17,20)(H,18,21). The second-order valence-corrected chi connectivity index (χ2v) is 5.61. The predicted molar refractivity (Wildman–Crippen MR) is 85.0 cm³/mol. The van der Waals surface area contributed by atoms with Gasteiger partial charge in [0.15, 0.2) is 0 Å². The monoisotopic (exact) mass is 356 g/mol. The summed E-state index contributed by atoms with van der Waals surface area (Å²) in [6.07, 6.45) is 1.56. The Morgan fingerprint density at radius 2 is 2.00 bits per heavy atom. The second kappa shape index (κ2) is 9.52. The van der Waals surface area contributed by atoms with Crippen molar-refractivity contribution in [1.29, 1.82) is 0 Å². The molecule has 0 bridgehead atoms. The van der Waals surface area contributed by atoms with E-state index in [9.17, 15) is 9.59 Å². The maximum Gasteiger partial charge on any atom is 0.252 e. The van der Waals surface area contributed by atoms with Crippen LogP contribution in [0.4, 0.5) is 0 Å². The molecule has 1 aromatic rings. The molecule has 116 valence electrons. The molecule has 1 unspecified atom stereocenters. The largest absolute Gasteiger partial charge is 0.396 e. The van der Waals surface area contributed by atoms with Crippen LogP contribution >= 0.6 is 15.9 Å². The molecule has 1 rings (SSSR count). The van der Waals surface area contributed by atoms with Crippen LogP contribution in [0, 0.1) is 5.92 Å². The third kappa shape index (κ3) is 6.27. The third-order valence-electron chi connectivity index (χ3n) is 3.23. The van der Waals surface area contributed by atoms with Gasteiger partial charge in [-0.1, -0.05) is 25.5 Å². The van der Waals surface area contributed by atoms with Crippen molar-refractivity contribution in [1.82, 2.24) is 10.6 Å². The first kappa shape index (κ1) is 17.7. The Labute approximate surface area is 133 Å². The lowest BCUT2D eigenvalue weighted by Crippen LogP contribution is -2.39. The van der Waals surface area contributed by atoms with Gasteiger partial charge in [-0.05, 0) is 40.4 Å². The first-order chi connectivity index (χ1) is 10.1. The number of carbonyl (C=O) groups is 2. The predicted octanol–water partition coefficient (Wildman–Crippen LogP) is 1.70. The number of carbonyl (C=O) groups excluding carboxylic acids is 2. The van der Waals surface area contributed by atoms with Crippen LogP contribution in [0.25, 0.3) is 0 Å². The number of aliphatic hydroxyl groups is 1. The lowest BCUT2D eigenvalue weighted by molar-refractivity contribution is -0.120. The van der Waals surface area contributed by atoms with Crippen molar-refractivity contribution >= 4 is 27.7 Å². The fourth-order valence-electron chi connectivity index (χ4n) is 1.85. The first-order valence-electron chi connectivity index (χ1n) is 6.98. The zero-order valence-electron chi connectivity index (χ0n) is 12.1. The number of rotatable bonds is 8. The zero-order chi connectivity index (χ0) is 15.7. The van der Waals surface area contributed by atoms with Gasteiger partial charge in [0.25, 0.3) is 5.91 Å². The molecule has 3 N–H and O–H groups in total. The number of aliphatic hydroxyl groups excluding tert-OH is 1. The highest BCUT2D eigenvalue weighted by atomic mass is 79.9. The quantitative estimate of drug-likeness (QED) is 0.663. The number of benzene rings is 1. The summed E-state index contributed by atoms with van der Waals surface area (Å²) < 4.78 is 0.692. The van der Waals surface area contributed by atoms with Crippen LogP contribution in [0.15, 0.2) is 28.7 Å². The topological polar surface area (TPSA) is 78.4 Å². The Balaban J connectivity index is 2.36. The van der Waals surface area contributed by atoms with Gasteiger partial charge in [0.05, 0.1) is 12.1 Å². The zero-order valence-corrected chi connectivity index (χ0v) is 13.6. The molecule has 2 amide bonds. The lowest BCUT2D eigenvalue weighted by atomic mass is 10.0. The maximum absolute atomic E-state index is 11.9. The third-order valence-corrected chi connectivity index (χ3v) is 3.92. The van der Waals surface area contributed by atoms with E-state index in [-0.39, 0.29) is 30.9 Å². The normalized spacial score (nSPS) is 11.8. The van der Waals surface area contributed by atoms with E-state index in [1.165, 1.54) is 0 Å². The van der Waals surface area contributed by atoms with Crippen LogP contribution < -0.4 is 10.6 Å². The number of hydrogen-bond donors (Lipinski definition) is 3. The van der Waals surface area contributed by atoms with Crippen molar-refractivity contribution < 1.29 is 14.7 Å². The molecule has 1 aromatic carbocycles. The Morgan fingerprint density at radius 1 is 1.29 bits per heavy atom. The second-order valence-electron chi connectivity index (χ2n) is 4.75. The van der Waals surface area contributed by atoms with Gasteiger partial charge in [-0.25, -0.2) is 0 Å². The highest BCUT2D eigenvalue weighted by molar-refractivity contribution is 9.10. The summed E-state index contributed by atoms with van der Waals surface area (Å²) in [5.41, 5.74) is 0.497. The van der Waals surface area contributed by atoms with E-state index in [1.54, 1.807) is 18.2 Å². The molecule has 0 aliphatic rings. The van der Waals surface area contributed by atoms with Crippen LogP contribution in [0.5, 0.6) is 0 Å². The number of amides is 2. The summed E-state index contributed by atoms with van der Waals surface area (Å²) in [6.45, 7) is 2.59. The molecule has 5 nitrogen and oxygen atoms in total. The van der Waals surface area contributed by atoms with Crippen molar-refractivity contribution in [2.45, 2.75) is 19.8 Å². The smallest absolute Gasteiger partial charge is 0.252 e. The fourth-order valence-corrected chi connectivity index (χ4v) is 2.32. The minimum atomic E-state index is -0.292. The molecular weight excluding hydrogens is 336 g/mol. The Bertz CT molecular complexity index is 480. The van der Waals surface area contributed by atoms with E-state index >= 15 is 0 Å². The Kier molecular flexibility index (Phi) is 8.00. The Morgan fingerprint density at radius 3 is 2.62 bits per heavy atom. The molecule has 0 aliphatic heterocycles. The summed E-state index contributed by atoms with van der Waals surface area (Å²) in [6, 6.07) is 7.04. The molecule has 0 saturated carbocycles.